The number of hydrogen-bond donors (Lipinski definition) is 0. The average Bonchev–Trinajstić information content (AvgIpc) is 3.30. The van der Waals surface area contributed by atoms with Gasteiger partial charge in [0.2, 0.25) is 0 Å². The molecule has 0 aromatic heterocycles. The molecule has 0 bridgehead atoms. The highest BCUT2D eigenvalue weighted by molar-refractivity contribution is 9.09. The van der Waals surface area contributed by atoms with Crippen LogP contribution in [0.4, 0.5) is 0 Å². The average molecular weight is 543 g/mol. The SMILES string of the molecule is CC1CCC(N(C2CCC(Br)C3CC(C)CC32)C2CCC(Br)C3CC(C)CC32)CC1. The molecule has 0 radical (unpaired) electrons. The van der Waals surface area contributed by atoms with E-state index in [1.165, 1.54) is 77.0 Å². The van der Waals surface area contributed by atoms with Gasteiger partial charge in [-0.15, -0.1) is 0 Å². The molecule has 5 rings (SSSR count). The molecule has 30 heavy (non-hydrogen) atoms. The lowest BCUT2D eigenvalue weighted by Crippen LogP contribution is -2.59. The first kappa shape index (κ1) is 22.7. The number of rotatable bonds is 3. The van der Waals surface area contributed by atoms with Crippen LogP contribution in [0.1, 0.15) is 97.8 Å². The molecule has 0 heterocycles. The number of alkyl halides is 2. The molecule has 0 aromatic rings. The zero-order valence-electron chi connectivity index (χ0n) is 19.6. The Hall–Kier alpha value is 0.920. The monoisotopic (exact) mass is 541 g/mol. The van der Waals surface area contributed by atoms with E-state index in [9.17, 15) is 0 Å². The number of hydrogen-bond acceptors (Lipinski definition) is 1. The molecule has 0 saturated heterocycles. The maximum atomic E-state index is 4.14. The van der Waals surface area contributed by atoms with Gasteiger partial charge in [-0.1, -0.05) is 52.6 Å². The Morgan fingerprint density at radius 1 is 0.500 bits per heavy atom. The fourth-order valence-corrected chi connectivity index (χ4v) is 10.8. The summed E-state index contributed by atoms with van der Waals surface area (Å²) in [5.74, 6) is 6.62. The molecule has 0 amide bonds. The summed E-state index contributed by atoms with van der Waals surface area (Å²) in [5.41, 5.74) is 0. The van der Waals surface area contributed by atoms with E-state index >= 15 is 0 Å². The van der Waals surface area contributed by atoms with Gasteiger partial charge < -0.3 is 0 Å². The van der Waals surface area contributed by atoms with E-state index in [1.807, 2.05) is 0 Å². The van der Waals surface area contributed by atoms with Crippen molar-refractivity contribution in [3.63, 3.8) is 0 Å². The topological polar surface area (TPSA) is 3.24 Å². The Kier molecular flexibility index (Phi) is 7.02. The van der Waals surface area contributed by atoms with Gasteiger partial charge in [0.05, 0.1) is 0 Å². The van der Waals surface area contributed by atoms with Gasteiger partial charge in [0, 0.05) is 27.8 Å². The molecule has 0 spiro atoms. The van der Waals surface area contributed by atoms with E-state index in [0.29, 0.717) is 0 Å². The molecule has 0 aliphatic heterocycles. The summed E-state index contributed by atoms with van der Waals surface area (Å²) in [6.07, 6.45) is 17.6. The van der Waals surface area contributed by atoms with Crippen LogP contribution in [0.5, 0.6) is 0 Å². The summed E-state index contributed by atoms with van der Waals surface area (Å²) in [6.45, 7) is 7.56. The summed E-state index contributed by atoms with van der Waals surface area (Å²) in [5, 5.41) is 0. The number of nitrogens with zero attached hydrogens (tertiary/aromatic N) is 1. The summed E-state index contributed by atoms with van der Waals surface area (Å²) in [7, 11) is 0. The van der Waals surface area contributed by atoms with Crippen molar-refractivity contribution < 1.29 is 0 Å². The van der Waals surface area contributed by atoms with Gasteiger partial charge in [-0.05, 0) is 118 Å². The molecule has 1 nitrogen and oxygen atoms in total. The molecule has 0 N–H and O–H groups in total. The van der Waals surface area contributed by atoms with Crippen LogP contribution >= 0.6 is 31.9 Å². The van der Waals surface area contributed by atoms with E-state index < -0.39 is 0 Å². The van der Waals surface area contributed by atoms with Gasteiger partial charge in [-0.3, -0.25) is 4.90 Å². The third-order valence-corrected chi connectivity index (χ3v) is 12.6. The van der Waals surface area contributed by atoms with Crippen LogP contribution in [-0.2, 0) is 0 Å². The van der Waals surface area contributed by atoms with E-state index in [-0.39, 0.29) is 0 Å². The Labute approximate surface area is 203 Å². The van der Waals surface area contributed by atoms with Crippen molar-refractivity contribution in [3.8, 4) is 0 Å². The maximum Gasteiger partial charge on any atom is 0.0178 e. The molecule has 172 valence electrons. The predicted octanol–water partition coefficient (Wildman–Crippen LogP) is 8.04. The molecule has 5 saturated carbocycles. The van der Waals surface area contributed by atoms with Crippen molar-refractivity contribution in [2.75, 3.05) is 0 Å². The van der Waals surface area contributed by atoms with Crippen LogP contribution in [0.2, 0.25) is 0 Å². The van der Waals surface area contributed by atoms with Gasteiger partial charge in [0.15, 0.2) is 0 Å². The Morgan fingerprint density at radius 3 is 1.40 bits per heavy atom. The smallest absolute Gasteiger partial charge is 0.0178 e. The normalized spacial score (nSPS) is 54.2. The highest BCUT2D eigenvalue weighted by Crippen LogP contribution is 2.54. The van der Waals surface area contributed by atoms with Crippen molar-refractivity contribution in [1.82, 2.24) is 4.90 Å². The summed E-state index contributed by atoms with van der Waals surface area (Å²) >= 11 is 8.27. The minimum Gasteiger partial charge on any atom is -0.294 e. The quantitative estimate of drug-likeness (QED) is 0.326. The zero-order valence-corrected chi connectivity index (χ0v) is 22.8. The highest BCUT2D eigenvalue weighted by Gasteiger charge is 2.52. The predicted molar refractivity (Wildman–Crippen MR) is 135 cm³/mol. The Balaban J connectivity index is 1.45. The summed E-state index contributed by atoms with van der Waals surface area (Å²) in [6, 6.07) is 2.63. The third kappa shape index (κ3) is 4.24. The summed E-state index contributed by atoms with van der Waals surface area (Å²) in [4.78, 5) is 4.85. The number of fused-ring (bicyclic) bond motifs is 2. The van der Waals surface area contributed by atoms with Crippen LogP contribution in [0, 0.1) is 41.4 Å². The second-order valence-corrected chi connectivity index (χ2v) is 14.8. The first-order valence-electron chi connectivity index (χ1n) is 13.5. The second-order valence-electron chi connectivity index (χ2n) is 12.5. The first-order valence-corrected chi connectivity index (χ1v) is 15.3. The first-order chi connectivity index (χ1) is 14.4. The van der Waals surface area contributed by atoms with E-state index in [1.54, 1.807) is 0 Å². The standard InChI is InChI=1S/C27H45Br2N/c1-16-4-6-19(7-5-16)30(26-10-8-24(28)20-12-17(2)14-22(20)26)27-11-9-25(29)21-13-18(3)15-23(21)27/h16-27H,4-15H2,1-3H3. The molecular weight excluding hydrogens is 498 g/mol. The van der Waals surface area contributed by atoms with Gasteiger partial charge in [-0.25, -0.2) is 0 Å². The summed E-state index contributed by atoms with van der Waals surface area (Å²) < 4.78 is 0. The minimum atomic E-state index is 0.787. The lowest BCUT2D eigenvalue weighted by molar-refractivity contribution is -0.0420. The highest BCUT2D eigenvalue weighted by atomic mass is 79.9. The van der Waals surface area contributed by atoms with Crippen LogP contribution in [-0.4, -0.2) is 32.7 Å². The van der Waals surface area contributed by atoms with Gasteiger partial charge in [0.1, 0.15) is 0 Å². The molecule has 0 aromatic carbocycles. The van der Waals surface area contributed by atoms with Crippen LogP contribution in [0.3, 0.4) is 0 Å². The Bertz CT molecular complexity index is 547. The fourth-order valence-electron chi connectivity index (χ4n) is 9.05. The molecule has 10 atom stereocenters. The molecular formula is C27H45Br2N. The molecule has 3 heteroatoms. The van der Waals surface area contributed by atoms with Crippen LogP contribution < -0.4 is 0 Å². The largest absolute Gasteiger partial charge is 0.294 e. The van der Waals surface area contributed by atoms with Crippen LogP contribution in [0.15, 0.2) is 0 Å². The zero-order chi connectivity index (χ0) is 21.0. The van der Waals surface area contributed by atoms with Crippen molar-refractivity contribution in [2.45, 2.75) is 126 Å². The molecule has 5 fully saturated rings. The van der Waals surface area contributed by atoms with E-state index in [0.717, 1.165) is 69.2 Å². The molecule has 5 aliphatic carbocycles. The Morgan fingerprint density at radius 2 is 0.933 bits per heavy atom. The van der Waals surface area contributed by atoms with Crippen molar-refractivity contribution in [2.24, 2.45) is 41.4 Å². The lowest BCUT2D eigenvalue weighted by atomic mass is 9.71. The van der Waals surface area contributed by atoms with Crippen molar-refractivity contribution in [3.05, 3.63) is 0 Å². The fraction of sp³-hybridized carbons (Fsp3) is 1.00. The van der Waals surface area contributed by atoms with Crippen molar-refractivity contribution in [1.29, 1.82) is 0 Å². The van der Waals surface area contributed by atoms with Crippen LogP contribution in [0.25, 0.3) is 0 Å². The third-order valence-electron chi connectivity index (χ3n) is 10.4. The van der Waals surface area contributed by atoms with E-state index in [2.05, 4.69) is 57.5 Å². The lowest BCUT2D eigenvalue weighted by Gasteiger charge is -2.54. The molecule has 5 aliphatic rings. The van der Waals surface area contributed by atoms with Gasteiger partial charge in [-0.2, -0.15) is 0 Å². The van der Waals surface area contributed by atoms with Gasteiger partial charge in [0.25, 0.3) is 0 Å². The van der Waals surface area contributed by atoms with Crippen molar-refractivity contribution >= 4 is 31.9 Å². The van der Waals surface area contributed by atoms with Gasteiger partial charge >= 0.3 is 0 Å². The molecule has 10 unspecified atom stereocenters. The minimum absolute atomic E-state index is 0.787. The second kappa shape index (κ2) is 9.28. The maximum absolute atomic E-state index is 4.14. The van der Waals surface area contributed by atoms with E-state index in [4.69, 9.17) is 0 Å². The number of halogens is 2.